The first-order chi connectivity index (χ1) is 12.5. The van der Waals surface area contributed by atoms with Gasteiger partial charge in [-0.05, 0) is 49.2 Å². The summed E-state index contributed by atoms with van der Waals surface area (Å²) in [6.07, 6.45) is 0. The van der Waals surface area contributed by atoms with Gasteiger partial charge in [-0.25, -0.2) is 0 Å². The number of halogens is 4. The Morgan fingerprint density at radius 3 is 2.26 bits per heavy atom. The molecule has 9 heteroatoms. The molecule has 0 atom stereocenters. The topological polar surface area (TPSA) is 56.3 Å². The summed E-state index contributed by atoms with van der Waals surface area (Å²) in [5.74, 6) is -0.396. The van der Waals surface area contributed by atoms with Crippen LogP contribution in [0.4, 0.5) is 13.2 Å². The van der Waals surface area contributed by atoms with Gasteiger partial charge in [0.1, 0.15) is 0 Å². The van der Waals surface area contributed by atoms with Crippen molar-refractivity contribution in [1.29, 1.82) is 0 Å². The van der Waals surface area contributed by atoms with Gasteiger partial charge in [0.05, 0.1) is 5.52 Å². The molecule has 142 valence electrons. The number of hydrogen-bond acceptors (Lipinski definition) is 4. The fourth-order valence-corrected chi connectivity index (χ4v) is 3.31. The molecule has 0 bridgehead atoms. The van der Waals surface area contributed by atoms with Crippen molar-refractivity contribution in [2.45, 2.75) is 19.4 Å². The summed E-state index contributed by atoms with van der Waals surface area (Å²) in [5, 5.41) is 0.885. The summed E-state index contributed by atoms with van der Waals surface area (Å²) in [5.41, 5.74) is -3.47. The second kappa shape index (κ2) is 6.69. The molecule has 0 radical (unpaired) electrons. The maximum absolute atomic E-state index is 12.9. The highest BCUT2D eigenvalue weighted by molar-refractivity contribution is 7.88. The van der Waals surface area contributed by atoms with E-state index in [9.17, 15) is 21.6 Å². The summed E-state index contributed by atoms with van der Waals surface area (Å²) < 4.78 is 66.4. The first kappa shape index (κ1) is 19.4. The van der Waals surface area contributed by atoms with Crippen LogP contribution in [0.15, 0.2) is 42.5 Å². The van der Waals surface area contributed by atoms with Gasteiger partial charge in [-0.2, -0.15) is 21.6 Å². The molecule has 4 nitrogen and oxygen atoms in total. The molecule has 0 saturated heterocycles. The molecule has 27 heavy (non-hydrogen) atoms. The molecule has 2 aromatic carbocycles. The highest BCUT2D eigenvalue weighted by atomic mass is 35.5. The van der Waals surface area contributed by atoms with Crippen LogP contribution in [0.2, 0.25) is 5.02 Å². The molecule has 0 fully saturated rings. The van der Waals surface area contributed by atoms with Crippen LogP contribution in [0.3, 0.4) is 0 Å². The Bertz CT molecular complexity index is 1130. The van der Waals surface area contributed by atoms with Crippen molar-refractivity contribution in [2.24, 2.45) is 0 Å². The van der Waals surface area contributed by atoms with E-state index in [4.69, 9.17) is 11.6 Å². The normalized spacial score (nSPS) is 12.4. The van der Waals surface area contributed by atoms with Crippen molar-refractivity contribution in [3.63, 3.8) is 0 Å². The van der Waals surface area contributed by atoms with Crippen LogP contribution >= 0.6 is 11.6 Å². The van der Waals surface area contributed by atoms with Crippen molar-refractivity contribution in [3.8, 4) is 16.9 Å². The van der Waals surface area contributed by atoms with E-state index >= 15 is 0 Å². The molecule has 0 N–H and O–H groups in total. The lowest BCUT2D eigenvalue weighted by Gasteiger charge is -2.18. The molecule has 1 aromatic heterocycles. The van der Waals surface area contributed by atoms with Gasteiger partial charge in [-0.1, -0.05) is 29.8 Å². The number of aryl methyl sites for hydroxylation is 2. The minimum Gasteiger partial charge on any atom is -0.375 e. The van der Waals surface area contributed by atoms with Gasteiger partial charge in [0.25, 0.3) is 0 Å². The van der Waals surface area contributed by atoms with E-state index in [-0.39, 0.29) is 11.1 Å². The summed E-state index contributed by atoms with van der Waals surface area (Å²) in [4.78, 5) is 4.37. The Hall–Kier alpha value is -2.32. The van der Waals surface area contributed by atoms with Crippen molar-refractivity contribution < 1.29 is 25.8 Å². The van der Waals surface area contributed by atoms with Crippen LogP contribution in [0.25, 0.3) is 22.0 Å². The summed E-state index contributed by atoms with van der Waals surface area (Å²) in [7, 11) is -5.84. The lowest BCUT2D eigenvalue weighted by atomic mass is 9.96. The van der Waals surface area contributed by atoms with Crippen LogP contribution in [0, 0.1) is 13.8 Å². The Morgan fingerprint density at radius 1 is 1.04 bits per heavy atom. The predicted molar refractivity (Wildman–Crippen MR) is 97.3 cm³/mol. The molecular formula is C18H13ClF3NO3S. The minimum atomic E-state index is -5.84. The summed E-state index contributed by atoms with van der Waals surface area (Å²) in [6.45, 7) is 3.24. The zero-order valence-electron chi connectivity index (χ0n) is 14.1. The molecule has 3 aromatic rings. The molecular weight excluding hydrogens is 403 g/mol. The average Bonchev–Trinajstić information content (AvgIpc) is 2.55. The monoisotopic (exact) mass is 415 g/mol. The first-order valence-corrected chi connectivity index (χ1v) is 9.46. The highest BCUT2D eigenvalue weighted by Crippen LogP contribution is 2.42. The van der Waals surface area contributed by atoms with Crippen molar-refractivity contribution in [2.75, 3.05) is 0 Å². The number of pyridine rings is 1. The van der Waals surface area contributed by atoms with Gasteiger partial charge in [-0.15, -0.1) is 0 Å². The lowest BCUT2D eigenvalue weighted by molar-refractivity contribution is -0.0499. The minimum absolute atomic E-state index is 0.196. The van der Waals surface area contributed by atoms with E-state index in [0.717, 1.165) is 0 Å². The van der Waals surface area contributed by atoms with E-state index in [0.29, 0.717) is 27.2 Å². The van der Waals surface area contributed by atoms with Crippen LogP contribution in [-0.4, -0.2) is 18.9 Å². The first-order valence-electron chi connectivity index (χ1n) is 7.67. The number of benzene rings is 2. The van der Waals surface area contributed by atoms with Crippen LogP contribution in [0.1, 0.15) is 11.3 Å². The van der Waals surface area contributed by atoms with Crippen molar-refractivity contribution in [1.82, 2.24) is 4.98 Å². The van der Waals surface area contributed by atoms with Crippen molar-refractivity contribution >= 4 is 32.6 Å². The fraction of sp³-hybridized carbons (Fsp3) is 0.167. The number of fused-ring (bicyclic) bond motifs is 1. The maximum Gasteiger partial charge on any atom is 0.534 e. The van der Waals surface area contributed by atoms with Gasteiger partial charge in [0.15, 0.2) is 5.75 Å². The Kier molecular flexibility index (Phi) is 4.81. The molecule has 0 aliphatic carbocycles. The van der Waals surface area contributed by atoms with Gasteiger partial charge < -0.3 is 4.18 Å². The SMILES string of the molecule is Cc1ccc2c(-c3ccc(Cl)cc3)c(OS(=O)(=O)C(F)(F)F)c(C)cc2n1. The van der Waals surface area contributed by atoms with Gasteiger partial charge in [0, 0.05) is 21.7 Å². The molecule has 0 amide bonds. The Balaban J connectivity index is 2.35. The van der Waals surface area contributed by atoms with Gasteiger partial charge in [-0.3, -0.25) is 4.98 Å². The standard InChI is InChI=1S/C18H13ClF3NO3S/c1-10-9-15-14(8-3-11(2)23-15)16(12-4-6-13(19)7-5-12)17(10)26-27(24,25)18(20,21)22/h3-9H,1-2H3. The third-order valence-electron chi connectivity index (χ3n) is 3.88. The third kappa shape index (κ3) is 3.72. The van der Waals surface area contributed by atoms with Gasteiger partial charge >= 0.3 is 15.6 Å². The predicted octanol–water partition coefficient (Wildman–Crippen LogP) is 5.40. The summed E-state index contributed by atoms with van der Waals surface area (Å²) >= 11 is 5.89. The average molecular weight is 416 g/mol. The van der Waals surface area contributed by atoms with E-state index in [2.05, 4.69) is 9.17 Å². The van der Waals surface area contributed by atoms with E-state index in [1.54, 1.807) is 43.3 Å². The highest BCUT2D eigenvalue weighted by Gasteiger charge is 2.49. The van der Waals surface area contributed by atoms with Crippen LogP contribution in [-0.2, 0) is 10.1 Å². The lowest BCUT2D eigenvalue weighted by Crippen LogP contribution is -2.28. The second-order valence-electron chi connectivity index (χ2n) is 5.91. The second-order valence-corrected chi connectivity index (χ2v) is 7.88. The molecule has 0 spiro atoms. The largest absolute Gasteiger partial charge is 0.534 e. The number of nitrogens with zero attached hydrogens (tertiary/aromatic N) is 1. The number of alkyl halides is 3. The Labute approximate surface area is 158 Å². The zero-order chi connectivity index (χ0) is 20.0. The molecule has 0 aliphatic heterocycles. The molecule has 0 saturated carbocycles. The smallest absolute Gasteiger partial charge is 0.375 e. The maximum atomic E-state index is 12.9. The van der Waals surface area contributed by atoms with E-state index in [1.807, 2.05) is 0 Å². The van der Waals surface area contributed by atoms with Gasteiger partial charge in [0.2, 0.25) is 0 Å². The number of rotatable bonds is 3. The quantitative estimate of drug-likeness (QED) is 0.424. The van der Waals surface area contributed by atoms with Crippen LogP contribution in [0.5, 0.6) is 5.75 Å². The van der Waals surface area contributed by atoms with Crippen LogP contribution < -0.4 is 4.18 Å². The fourth-order valence-electron chi connectivity index (χ4n) is 2.66. The molecule has 0 unspecified atom stereocenters. The third-order valence-corrected chi connectivity index (χ3v) is 5.09. The zero-order valence-corrected chi connectivity index (χ0v) is 15.7. The number of aromatic nitrogens is 1. The van der Waals surface area contributed by atoms with Crippen molar-refractivity contribution in [3.05, 3.63) is 58.7 Å². The number of hydrogen-bond donors (Lipinski definition) is 0. The summed E-state index contributed by atoms with van der Waals surface area (Å²) in [6, 6.07) is 11.1. The molecule has 3 rings (SSSR count). The van der Waals surface area contributed by atoms with E-state index in [1.165, 1.54) is 13.0 Å². The Morgan fingerprint density at radius 2 is 1.67 bits per heavy atom. The molecule has 0 aliphatic rings. The van der Waals surface area contributed by atoms with E-state index < -0.39 is 21.4 Å². The molecule has 1 heterocycles.